The first-order chi connectivity index (χ1) is 13.8. The van der Waals surface area contributed by atoms with Gasteiger partial charge < -0.3 is 10.1 Å². The molecule has 0 aliphatic rings. The Kier molecular flexibility index (Phi) is 9.04. The van der Waals surface area contributed by atoms with Gasteiger partial charge in [-0.25, -0.2) is 13.4 Å². The van der Waals surface area contributed by atoms with E-state index in [9.17, 15) is 13.2 Å². The maximum atomic E-state index is 12.8. The molecule has 0 bridgehead atoms. The number of hydrogen-bond donors (Lipinski definition) is 2. The summed E-state index contributed by atoms with van der Waals surface area (Å²) in [5.74, 6) is 0.506. The Morgan fingerprint density at radius 2 is 2.07 bits per heavy atom. The zero-order chi connectivity index (χ0) is 21.4. The number of hydrogen-bond acceptors (Lipinski definition) is 6. The number of methoxy groups -OCH3 is 1. The van der Waals surface area contributed by atoms with Gasteiger partial charge in [-0.3, -0.25) is 4.79 Å². The minimum Gasteiger partial charge on any atom is -0.481 e. The van der Waals surface area contributed by atoms with Gasteiger partial charge in [0, 0.05) is 23.3 Å². The summed E-state index contributed by atoms with van der Waals surface area (Å²) in [4.78, 5) is 16.6. The number of nitrogens with one attached hydrogen (secondary N) is 2. The van der Waals surface area contributed by atoms with Crippen LogP contribution in [0.4, 0.5) is 0 Å². The normalized spacial score (nSPS) is 12.4. The molecular weight excluding hydrogens is 457 g/mol. The lowest BCUT2D eigenvalue weighted by molar-refractivity contribution is -0.122. The molecule has 1 amide bonds. The van der Waals surface area contributed by atoms with Crippen LogP contribution >= 0.6 is 35.0 Å². The predicted octanol–water partition coefficient (Wildman–Crippen LogP) is 3.11. The lowest BCUT2D eigenvalue weighted by Gasteiger charge is -2.19. The summed E-state index contributed by atoms with van der Waals surface area (Å²) in [6.07, 6.45) is 3.75. The number of amides is 1. The van der Waals surface area contributed by atoms with E-state index in [4.69, 9.17) is 27.9 Å². The standard InChI is InChI=1S/C18H21Cl2N3O4S2/c1-27-18-12(4-3-8-21-18)11-22-17(24)15(7-9-28-2)23-29(25,26)16-10-13(19)5-6-14(16)20/h3-6,8,10,15,23H,7,9,11H2,1-2H3,(H,22,24). The van der Waals surface area contributed by atoms with Crippen molar-refractivity contribution in [2.45, 2.75) is 23.9 Å². The Labute approximate surface area is 184 Å². The van der Waals surface area contributed by atoms with Crippen LogP contribution in [0.25, 0.3) is 0 Å². The molecule has 1 aromatic carbocycles. The van der Waals surface area contributed by atoms with Gasteiger partial charge in [-0.05, 0) is 42.7 Å². The molecule has 2 N–H and O–H groups in total. The van der Waals surface area contributed by atoms with Gasteiger partial charge in [0.1, 0.15) is 10.9 Å². The number of halogens is 2. The first-order valence-electron chi connectivity index (χ1n) is 8.50. The minimum atomic E-state index is -4.06. The number of ether oxygens (including phenoxy) is 1. The van der Waals surface area contributed by atoms with Crippen LogP contribution in [-0.4, -0.2) is 44.5 Å². The zero-order valence-electron chi connectivity index (χ0n) is 15.8. The predicted molar refractivity (Wildman–Crippen MR) is 116 cm³/mol. The highest BCUT2D eigenvalue weighted by atomic mass is 35.5. The lowest BCUT2D eigenvalue weighted by Crippen LogP contribution is -2.46. The number of pyridine rings is 1. The zero-order valence-corrected chi connectivity index (χ0v) is 19.0. The van der Waals surface area contributed by atoms with Crippen molar-refractivity contribution in [3.05, 3.63) is 52.1 Å². The highest BCUT2D eigenvalue weighted by Crippen LogP contribution is 2.25. The molecular formula is C18H21Cl2N3O4S2. The van der Waals surface area contributed by atoms with Crippen LogP contribution in [0.1, 0.15) is 12.0 Å². The summed E-state index contributed by atoms with van der Waals surface area (Å²) in [6, 6.07) is 6.63. The number of nitrogens with zero attached hydrogens (tertiary/aromatic N) is 1. The maximum absolute atomic E-state index is 12.8. The highest BCUT2D eigenvalue weighted by Gasteiger charge is 2.27. The smallest absolute Gasteiger partial charge is 0.242 e. The van der Waals surface area contributed by atoms with Gasteiger partial charge in [-0.2, -0.15) is 16.5 Å². The van der Waals surface area contributed by atoms with Crippen molar-refractivity contribution in [2.24, 2.45) is 0 Å². The summed E-state index contributed by atoms with van der Waals surface area (Å²) >= 11 is 13.4. The topological polar surface area (TPSA) is 97.4 Å². The van der Waals surface area contributed by atoms with Crippen molar-refractivity contribution in [3.63, 3.8) is 0 Å². The number of thioether (sulfide) groups is 1. The van der Waals surface area contributed by atoms with Gasteiger partial charge in [0.25, 0.3) is 0 Å². The van der Waals surface area contributed by atoms with Crippen LogP contribution in [0.5, 0.6) is 5.88 Å². The van der Waals surface area contributed by atoms with Crippen LogP contribution in [0.3, 0.4) is 0 Å². The second-order valence-corrected chi connectivity index (χ2v) is 9.43. The number of sulfonamides is 1. The van der Waals surface area contributed by atoms with Crippen LogP contribution in [0.15, 0.2) is 41.4 Å². The highest BCUT2D eigenvalue weighted by molar-refractivity contribution is 7.98. The number of aromatic nitrogens is 1. The molecule has 7 nitrogen and oxygen atoms in total. The monoisotopic (exact) mass is 477 g/mol. The molecule has 1 heterocycles. The number of carbonyl (C=O) groups is 1. The van der Waals surface area contributed by atoms with Gasteiger partial charge in [0.05, 0.1) is 12.1 Å². The molecule has 0 fully saturated rings. The first kappa shape index (κ1) is 23.8. The summed E-state index contributed by atoms with van der Waals surface area (Å²) in [5.41, 5.74) is 0.674. The van der Waals surface area contributed by atoms with Crippen LogP contribution in [-0.2, 0) is 21.4 Å². The first-order valence-corrected chi connectivity index (χ1v) is 12.1. The summed E-state index contributed by atoms with van der Waals surface area (Å²) in [6.45, 7) is 0.144. The molecule has 1 aromatic heterocycles. The largest absolute Gasteiger partial charge is 0.481 e. The van der Waals surface area contributed by atoms with E-state index in [2.05, 4.69) is 15.0 Å². The van der Waals surface area contributed by atoms with E-state index in [1.54, 1.807) is 18.3 Å². The molecule has 0 saturated carbocycles. The van der Waals surface area contributed by atoms with E-state index in [0.29, 0.717) is 23.6 Å². The molecule has 0 saturated heterocycles. The average Bonchev–Trinajstić information content (AvgIpc) is 2.71. The van der Waals surface area contributed by atoms with Crippen molar-refractivity contribution >= 4 is 50.9 Å². The van der Waals surface area contributed by atoms with E-state index >= 15 is 0 Å². The van der Waals surface area contributed by atoms with Crippen LogP contribution in [0.2, 0.25) is 10.0 Å². The number of benzene rings is 1. The Hall–Kier alpha value is -1.52. The molecule has 11 heteroatoms. The Morgan fingerprint density at radius 1 is 1.31 bits per heavy atom. The molecule has 0 aliphatic carbocycles. The molecule has 1 unspecified atom stereocenters. The van der Waals surface area contributed by atoms with Crippen molar-refractivity contribution in [3.8, 4) is 5.88 Å². The third-order valence-corrected chi connectivity index (χ3v) is 6.74. The number of carbonyl (C=O) groups excluding carboxylic acids is 1. The van der Waals surface area contributed by atoms with Gasteiger partial charge in [0.2, 0.25) is 21.8 Å². The van der Waals surface area contributed by atoms with Crippen molar-refractivity contribution in [2.75, 3.05) is 19.1 Å². The second kappa shape index (κ2) is 11.0. The molecule has 1 atom stereocenters. The molecule has 158 valence electrons. The third-order valence-electron chi connectivity index (χ3n) is 3.90. The van der Waals surface area contributed by atoms with Gasteiger partial charge in [-0.15, -0.1) is 0 Å². The Bertz CT molecular complexity index is 958. The Balaban J connectivity index is 2.17. The SMILES string of the molecule is COc1ncccc1CNC(=O)C(CCSC)NS(=O)(=O)c1cc(Cl)ccc1Cl. The molecule has 2 rings (SSSR count). The molecule has 0 spiro atoms. The van der Waals surface area contributed by atoms with Crippen molar-refractivity contribution in [1.29, 1.82) is 0 Å². The van der Waals surface area contributed by atoms with Crippen molar-refractivity contribution in [1.82, 2.24) is 15.0 Å². The van der Waals surface area contributed by atoms with Gasteiger partial charge >= 0.3 is 0 Å². The summed E-state index contributed by atoms with van der Waals surface area (Å²) in [5, 5.41) is 2.97. The Morgan fingerprint density at radius 3 is 2.76 bits per heavy atom. The van der Waals surface area contributed by atoms with Crippen LogP contribution in [0, 0.1) is 0 Å². The summed E-state index contributed by atoms with van der Waals surface area (Å²) < 4.78 is 33.2. The molecule has 0 radical (unpaired) electrons. The number of rotatable bonds is 10. The fraction of sp³-hybridized carbons (Fsp3) is 0.333. The van der Waals surface area contributed by atoms with Gasteiger partial charge in [-0.1, -0.05) is 29.3 Å². The average molecular weight is 478 g/mol. The lowest BCUT2D eigenvalue weighted by atomic mass is 10.2. The fourth-order valence-electron chi connectivity index (χ4n) is 2.46. The molecule has 0 aliphatic heterocycles. The second-order valence-electron chi connectivity index (χ2n) is 5.92. The van der Waals surface area contributed by atoms with E-state index in [1.807, 2.05) is 6.26 Å². The molecule has 2 aromatic rings. The van der Waals surface area contributed by atoms with Crippen molar-refractivity contribution < 1.29 is 17.9 Å². The quantitative estimate of drug-likeness (QED) is 0.545. The minimum absolute atomic E-state index is 0.0195. The summed E-state index contributed by atoms with van der Waals surface area (Å²) in [7, 11) is -2.57. The van der Waals surface area contributed by atoms with E-state index in [-0.39, 0.29) is 21.5 Å². The fourth-order valence-corrected chi connectivity index (χ4v) is 4.92. The molecule has 29 heavy (non-hydrogen) atoms. The van der Waals surface area contributed by atoms with Gasteiger partial charge in [0.15, 0.2) is 0 Å². The van der Waals surface area contributed by atoms with E-state index < -0.39 is 22.0 Å². The van der Waals surface area contributed by atoms with Crippen LogP contribution < -0.4 is 14.8 Å². The van der Waals surface area contributed by atoms with E-state index in [0.717, 1.165) is 0 Å². The third kappa shape index (κ3) is 6.75. The van der Waals surface area contributed by atoms with E-state index in [1.165, 1.54) is 37.1 Å². The maximum Gasteiger partial charge on any atom is 0.242 e.